The van der Waals surface area contributed by atoms with Crippen molar-refractivity contribution in [2.45, 2.75) is 38.5 Å². The number of carbonyl (C=O) groups is 1. The highest BCUT2D eigenvalue weighted by Crippen LogP contribution is 2.41. The number of alkyl halides is 1. The third-order valence-corrected chi connectivity index (χ3v) is 3.69. The van der Waals surface area contributed by atoms with Crippen molar-refractivity contribution < 1.29 is 9.53 Å². The zero-order valence-corrected chi connectivity index (χ0v) is 9.23. The van der Waals surface area contributed by atoms with Crippen LogP contribution >= 0.6 is 11.6 Å². The summed E-state index contributed by atoms with van der Waals surface area (Å²) in [6, 6.07) is 0. The zero-order valence-electron chi connectivity index (χ0n) is 8.47. The third-order valence-electron chi connectivity index (χ3n) is 3.04. The van der Waals surface area contributed by atoms with Crippen LogP contribution in [-0.4, -0.2) is 18.5 Å². The number of ether oxygens (including phenoxy) is 1. The Labute approximate surface area is 84.6 Å². The van der Waals surface area contributed by atoms with E-state index in [0.29, 0.717) is 5.92 Å². The minimum Gasteiger partial charge on any atom is -0.469 e. The lowest BCUT2D eigenvalue weighted by molar-refractivity contribution is -0.154. The lowest BCUT2D eigenvalue weighted by Gasteiger charge is -2.36. The number of carbonyl (C=O) groups excluding carboxylic acids is 1. The van der Waals surface area contributed by atoms with Crippen molar-refractivity contribution >= 4 is 17.6 Å². The average molecular weight is 205 g/mol. The molecule has 3 unspecified atom stereocenters. The van der Waals surface area contributed by atoms with E-state index in [2.05, 4.69) is 6.92 Å². The molecule has 0 bridgehead atoms. The van der Waals surface area contributed by atoms with E-state index in [0.717, 1.165) is 19.3 Å². The molecule has 0 amide bonds. The minimum absolute atomic E-state index is 0.0945. The molecule has 0 radical (unpaired) electrons. The maximum atomic E-state index is 11.5. The first-order chi connectivity index (χ1) is 5.99. The van der Waals surface area contributed by atoms with Crippen molar-refractivity contribution in [3.8, 4) is 0 Å². The third kappa shape index (κ3) is 2.16. The van der Waals surface area contributed by atoms with Crippen LogP contribution in [0.1, 0.15) is 33.1 Å². The van der Waals surface area contributed by atoms with Crippen LogP contribution in [0, 0.1) is 11.3 Å². The van der Waals surface area contributed by atoms with Crippen LogP contribution < -0.4 is 0 Å². The van der Waals surface area contributed by atoms with Crippen LogP contribution in [-0.2, 0) is 9.53 Å². The summed E-state index contributed by atoms with van der Waals surface area (Å²) in [7, 11) is 1.45. The van der Waals surface area contributed by atoms with Crippen molar-refractivity contribution in [1.29, 1.82) is 0 Å². The molecule has 0 aliphatic heterocycles. The Balaban J connectivity index is 2.66. The summed E-state index contributed by atoms with van der Waals surface area (Å²) in [5.41, 5.74) is -0.306. The second-order valence-electron chi connectivity index (χ2n) is 4.29. The van der Waals surface area contributed by atoms with Crippen molar-refractivity contribution in [2.24, 2.45) is 11.3 Å². The first-order valence-electron chi connectivity index (χ1n) is 4.72. The Hall–Kier alpha value is -0.240. The van der Waals surface area contributed by atoms with Gasteiger partial charge in [0.25, 0.3) is 0 Å². The number of rotatable bonds is 1. The molecule has 0 heterocycles. The molecule has 2 nitrogen and oxygen atoms in total. The van der Waals surface area contributed by atoms with Gasteiger partial charge < -0.3 is 4.74 Å². The fourth-order valence-electron chi connectivity index (χ4n) is 2.11. The molecular weight excluding hydrogens is 188 g/mol. The van der Waals surface area contributed by atoms with E-state index in [1.54, 1.807) is 0 Å². The first-order valence-corrected chi connectivity index (χ1v) is 5.16. The second-order valence-corrected chi connectivity index (χ2v) is 4.85. The summed E-state index contributed by atoms with van der Waals surface area (Å²) in [5.74, 6) is 0.308. The van der Waals surface area contributed by atoms with E-state index in [-0.39, 0.29) is 16.8 Å². The van der Waals surface area contributed by atoms with Crippen LogP contribution in [0.25, 0.3) is 0 Å². The Bertz CT molecular complexity index is 205. The highest BCUT2D eigenvalue weighted by molar-refractivity contribution is 6.20. The smallest absolute Gasteiger partial charge is 0.311 e. The first kappa shape index (κ1) is 10.8. The van der Waals surface area contributed by atoms with Gasteiger partial charge >= 0.3 is 5.97 Å². The predicted molar refractivity (Wildman–Crippen MR) is 52.8 cm³/mol. The van der Waals surface area contributed by atoms with Gasteiger partial charge in [-0.1, -0.05) is 6.92 Å². The molecule has 1 rings (SSSR count). The molecule has 1 aliphatic rings. The summed E-state index contributed by atoms with van der Waals surface area (Å²) in [6.45, 7) is 4.07. The largest absolute Gasteiger partial charge is 0.469 e. The van der Waals surface area contributed by atoms with Gasteiger partial charge in [-0.05, 0) is 32.1 Å². The normalized spacial score (nSPS) is 40.0. The molecule has 0 aromatic carbocycles. The van der Waals surface area contributed by atoms with Gasteiger partial charge in [-0.3, -0.25) is 4.79 Å². The molecule has 0 saturated heterocycles. The average Bonchev–Trinajstić information content (AvgIpc) is 2.11. The topological polar surface area (TPSA) is 26.3 Å². The molecule has 0 aromatic rings. The highest BCUT2D eigenvalue weighted by atomic mass is 35.5. The highest BCUT2D eigenvalue weighted by Gasteiger charge is 2.41. The van der Waals surface area contributed by atoms with Gasteiger partial charge in [-0.2, -0.15) is 0 Å². The quantitative estimate of drug-likeness (QED) is 0.485. The van der Waals surface area contributed by atoms with Crippen molar-refractivity contribution in [3.05, 3.63) is 0 Å². The van der Waals surface area contributed by atoms with Gasteiger partial charge in [0.05, 0.1) is 12.5 Å². The summed E-state index contributed by atoms with van der Waals surface area (Å²) < 4.78 is 4.79. The molecule has 0 spiro atoms. The Morgan fingerprint density at radius 2 is 2.23 bits per heavy atom. The molecule has 1 aliphatic carbocycles. The van der Waals surface area contributed by atoms with Gasteiger partial charge in [-0.15, -0.1) is 11.6 Å². The number of halogens is 1. The predicted octanol–water partition coefficient (Wildman–Crippen LogP) is 2.59. The molecule has 0 aromatic heterocycles. The van der Waals surface area contributed by atoms with E-state index in [4.69, 9.17) is 16.3 Å². The van der Waals surface area contributed by atoms with E-state index < -0.39 is 0 Å². The van der Waals surface area contributed by atoms with Crippen LogP contribution in [0.15, 0.2) is 0 Å². The number of esters is 1. The van der Waals surface area contributed by atoms with Gasteiger partial charge in [0.2, 0.25) is 0 Å². The van der Waals surface area contributed by atoms with Gasteiger partial charge in [-0.25, -0.2) is 0 Å². The summed E-state index contributed by atoms with van der Waals surface area (Å²) in [4.78, 5) is 11.5. The summed E-state index contributed by atoms with van der Waals surface area (Å²) >= 11 is 6.09. The molecule has 1 fully saturated rings. The Kier molecular flexibility index (Phi) is 3.23. The molecule has 3 atom stereocenters. The standard InChI is InChI=1S/C10H17ClO2/c1-7-6-10(2,9(12)13-3)5-4-8(7)11/h7-8H,4-6H2,1-3H3. The van der Waals surface area contributed by atoms with E-state index >= 15 is 0 Å². The fraction of sp³-hybridized carbons (Fsp3) is 0.900. The SMILES string of the molecule is COC(=O)C1(C)CCC(Cl)C(C)C1. The van der Waals surface area contributed by atoms with E-state index in [1.165, 1.54) is 7.11 Å². The fourth-order valence-corrected chi connectivity index (χ4v) is 2.31. The second kappa shape index (κ2) is 3.87. The maximum Gasteiger partial charge on any atom is 0.311 e. The number of methoxy groups -OCH3 is 1. The van der Waals surface area contributed by atoms with Crippen LogP contribution in [0.4, 0.5) is 0 Å². The Morgan fingerprint density at radius 1 is 1.62 bits per heavy atom. The lowest BCUT2D eigenvalue weighted by Crippen LogP contribution is -2.37. The van der Waals surface area contributed by atoms with Crippen LogP contribution in [0.2, 0.25) is 0 Å². The maximum absolute atomic E-state index is 11.5. The van der Waals surface area contributed by atoms with Crippen molar-refractivity contribution in [3.63, 3.8) is 0 Å². The number of hydrogen-bond donors (Lipinski definition) is 0. The number of hydrogen-bond acceptors (Lipinski definition) is 2. The monoisotopic (exact) mass is 204 g/mol. The van der Waals surface area contributed by atoms with E-state index in [9.17, 15) is 4.79 Å². The van der Waals surface area contributed by atoms with Gasteiger partial charge in [0, 0.05) is 5.38 Å². The minimum atomic E-state index is -0.306. The Morgan fingerprint density at radius 3 is 2.69 bits per heavy atom. The summed E-state index contributed by atoms with van der Waals surface area (Å²) in [5, 5.41) is 0.220. The van der Waals surface area contributed by atoms with Crippen molar-refractivity contribution in [2.75, 3.05) is 7.11 Å². The van der Waals surface area contributed by atoms with Crippen LogP contribution in [0.5, 0.6) is 0 Å². The van der Waals surface area contributed by atoms with Crippen molar-refractivity contribution in [1.82, 2.24) is 0 Å². The zero-order chi connectivity index (χ0) is 10.1. The lowest BCUT2D eigenvalue weighted by atomic mass is 9.71. The molecular formula is C10H17ClO2. The molecule has 13 heavy (non-hydrogen) atoms. The molecule has 0 N–H and O–H groups in total. The van der Waals surface area contributed by atoms with Gasteiger partial charge in [0.1, 0.15) is 0 Å². The van der Waals surface area contributed by atoms with Gasteiger partial charge in [0.15, 0.2) is 0 Å². The summed E-state index contributed by atoms with van der Waals surface area (Å²) in [6.07, 6.45) is 2.60. The molecule has 3 heteroatoms. The van der Waals surface area contributed by atoms with E-state index in [1.807, 2.05) is 6.92 Å². The van der Waals surface area contributed by atoms with Crippen LogP contribution in [0.3, 0.4) is 0 Å². The molecule has 76 valence electrons. The molecule has 1 saturated carbocycles.